The number of aromatic amines is 1. The zero-order valence-electron chi connectivity index (χ0n) is 13.1. The molecule has 0 bridgehead atoms. The number of hydrogen-bond acceptors (Lipinski definition) is 1. The summed E-state index contributed by atoms with van der Waals surface area (Å²) in [4.78, 5) is 18.3. The van der Waals surface area contributed by atoms with Crippen molar-refractivity contribution < 1.29 is 4.79 Å². The summed E-state index contributed by atoms with van der Waals surface area (Å²) in [6.45, 7) is 5.27. The lowest BCUT2D eigenvalue weighted by molar-refractivity contribution is 0.0623. The Morgan fingerprint density at radius 2 is 2.09 bits per heavy atom. The van der Waals surface area contributed by atoms with Gasteiger partial charge in [-0.15, -0.1) is 0 Å². The Balaban J connectivity index is 1.69. The lowest BCUT2D eigenvalue weighted by Gasteiger charge is -2.38. The first kappa shape index (κ1) is 14.1. The number of aromatic nitrogens is 1. The highest BCUT2D eigenvalue weighted by molar-refractivity contribution is 6.35. The van der Waals surface area contributed by atoms with Crippen LogP contribution in [0.15, 0.2) is 24.3 Å². The average molecular weight is 317 g/mol. The number of hydrogen-bond donors (Lipinski definition) is 1. The van der Waals surface area contributed by atoms with Gasteiger partial charge in [-0.25, -0.2) is 0 Å². The second kappa shape index (κ2) is 4.51. The molecule has 4 heteroatoms. The Bertz CT molecular complexity index is 758. The van der Waals surface area contributed by atoms with E-state index in [4.69, 9.17) is 11.6 Å². The summed E-state index contributed by atoms with van der Waals surface area (Å²) in [6.07, 6.45) is 4.95. The molecule has 1 N–H and O–H groups in total. The van der Waals surface area contributed by atoms with Gasteiger partial charge in [0.05, 0.1) is 0 Å². The van der Waals surface area contributed by atoms with Gasteiger partial charge in [0, 0.05) is 28.0 Å². The summed E-state index contributed by atoms with van der Waals surface area (Å²) in [7, 11) is 0. The van der Waals surface area contributed by atoms with Crippen molar-refractivity contribution in [3.63, 3.8) is 0 Å². The molecule has 0 radical (unpaired) electrons. The van der Waals surface area contributed by atoms with Crippen LogP contribution in [0.1, 0.15) is 50.0 Å². The van der Waals surface area contributed by atoms with Crippen molar-refractivity contribution in [2.45, 2.75) is 45.1 Å². The predicted octanol–water partition coefficient (Wildman–Crippen LogP) is 4.62. The third-order valence-corrected chi connectivity index (χ3v) is 5.86. The number of halogens is 1. The van der Waals surface area contributed by atoms with Crippen molar-refractivity contribution in [1.29, 1.82) is 0 Å². The monoisotopic (exact) mass is 316 g/mol. The first-order chi connectivity index (χ1) is 10.4. The van der Waals surface area contributed by atoms with Gasteiger partial charge in [-0.2, -0.15) is 0 Å². The molecule has 1 aromatic carbocycles. The van der Waals surface area contributed by atoms with Crippen LogP contribution in [0.25, 0.3) is 10.9 Å². The van der Waals surface area contributed by atoms with Crippen molar-refractivity contribution in [3.05, 3.63) is 35.0 Å². The van der Waals surface area contributed by atoms with Gasteiger partial charge in [0.15, 0.2) is 0 Å². The smallest absolute Gasteiger partial charge is 0.270 e. The summed E-state index contributed by atoms with van der Waals surface area (Å²) < 4.78 is 0. The van der Waals surface area contributed by atoms with Crippen molar-refractivity contribution >= 4 is 28.4 Å². The summed E-state index contributed by atoms with van der Waals surface area (Å²) >= 11 is 6.22. The van der Waals surface area contributed by atoms with Gasteiger partial charge in [-0.05, 0) is 56.7 Å². The Kier molecular flexibility index (Phi) is 2.90. The molecule has 1 amide bonds. The number of likely N-dealkylation sites (tertiary alicyclic amines) is 1. The molecule has 1 saturated carbocycles. The maximum Gasteiger partial charge on any atom is 0.270 e. The number of amides is 1. The number of carbonyl (C=O) groups is 1. The van der Waals surface area contributed by atoms with Crippen molar-refractivity contribution in [2.24, 2.45) is 5.41 Å². The van der Waals surface area contributed by atoms with Crippen LogP contribution in [0.4, 0.5) is 0 Å². The van der Waals surface area contributed by atoms with Crippen LogP contribution in [0.5, 0.6) is 0 Å². The molecular weight excluding hydrogens is 296 g/mol. The van der Waals surface area contributed by atoms with E-state index in [-0.39, 0.29) is 11.4 Å². The minimum Gasteiger partial charge on any atom is -0.350 e. The molecule has 22 heavy (non-hydrogen) atoms. The van der Waals surface area contributed by atoms with E-state index in [1.165, 1.54) is 19.3 Å². The van der Waals surface area contributed by atoms with E-state index >= 15 is 0 Å². The van der Waals surface area contributed by atoms with Crippen molar-refractivity contribution in [3.8, 4) is 0 Å². The minimum atomic E-state index is -0.0708. The normalized spacial score (nSPS) is 22.2. The largest absolute Gasteiger partial charge is 0.350 e. The Labute approximate surface area is 135 Å². The summed E-state index contributed by atoms with van der Waals surface area (Å²) in [5.41, 5.74) is 1.88. The Morgan fingerprint density at radius 3 is 2.68 bits per heavy atom. The maximum absolute atomic E-state index is 13.0. The van der Waals surface area contributed by atoms with Gasteiger partial charge in [0.25, 0.3) is 5.91 Å². The van der Waals surface area contributed by atoms with Crippen LogP contribution >= 0.6 is 11.6 Å². The summed E-state index contributed by atoms with van der Waals surface area (Å²) in [6, 6.07) is 7.61. The number of benzene rings is 1. The quantitative estimate of drug-likeness (QED) is 0.819. The van der Waals surface area contributed by atoms with Gasteiger partial charge in [-0.3, -0.25) is 4.79 Å². The molecule has 2 aliphatic rings. The van der Waals surface area contributed by atoms with Gasteiger partial charge in [-0.1, -0.05) is 24.1 Å². The topological polar surface area (TPSA) is 36.1 Å². The van der Waals surface area contributed by atoms with Gasteiger partial charge < -0.3 is 9.88 Å². The fourth-order valence-corrected chi connectivity index (χ4v) is 4.58. The minimum absolute atomic E-state index is 0.0708. The van der Waals surface area contributed by atoms with Crippen LogP contribution < -0.4 is 0 Å². The molecular formula is C18H21ClN2O. The van der Waals surface area contributed by atoms with Crippen LogP contribution in [0, 0.1) is 5.41 Å². The molecule has 1 saturated heterocycles. The molecule has 2 fully saturated rings. The average Bonchev–Trinajstić information content (AvgIpc) is 2.97. The number of nitrogens with one attached hydrogen (secondary N) is 1. The standard InChI is InChI=1S/C18H21ClN2O/c1-17(2)10-18(7-4-8-18)11-21(17)16(22)15-9-12-13(19)5-3-6-14(12)20-15/h3,5-6,9,20H,4,7-8,10-11H2,1-2H3. The molecule has 0 atom stereocenters. The van der Waals surface area contributed by atoms with Crippen LogP contribution in [0.2, 0.25) is 5.02 Å². The highest BCUT2D eigenvalue weighted by Gasteiger charge is 2.52. The van der Waals surface area contributed by atoms with E-state index in [0.717, 1.165) is 23.9 Å². The first-order valence-corrected chi connectivity index (χ1v) is 8.37. The summed E-state index contributed by atoms with van der Waals surface area (Å²) in [5, 5.41) is 1.60. The van der Waals surface area contributed by atoms with Gasteiger partial charge in [0.1, 0.15) is 5.69 Å². The molecule has 2 heterocycles. The SMILES string of the molecule is CC1(C)CC2(CCC2)CN1C(=O)c1cc2c(Cl)cccc2[nH]1. The lowest BCUT2D eigenvalue weighted by Crippen LogP contribution is -2.43. The van der Waals surface area contributed by atoms with Crippen LogP contribution in [-0.4, -0.2) is 27.9 Å². The third-order valence-electron chi connectivity index (χ3n) is 5.53. The highest BCUT2D eigenvalue weighted by Crippen LogP contribution is 2.53. The maximum atomic E-state index is 13.0. The van der Waals surface area contributed by atoms with Crippen LogP contribution in [-0.2, 0) is 0 Å². The third kappa shape index (κ3) is 1.98. The fourth-order valence-electron chi connectivity index (χ4n) is 4.36. The molecule has 2 aromatic rings. The zero-order chi connectivity index (χ0) is 15.5. The fraction of sp³-hybridized carbons (Fsp3) is 0.500. The predicted molar refractivity (Wildman–Crippen MR) is 89.3 cm³/mol. The van der Waals surface area contributed by atoms with Gasteiger partial charge in [0.2, 0.25) is 0 Å². The van der Waals surface area contributed by atoms with E-state index in [2.05, 4.69) is 23.7 Å². The Morgan fingerprint density at radius 1 is 1.32 bits per heavy atom. The molecule has 1 aromatic heterocycles. The zero-order valence-corrected chi connectivity index (χ0v) is 13.8. The number of carbonyl (C=O) groups excluding carboxylic acids is 1. The number of H-pyrrole nitrogens is 1. The molecule has 116 valence electrons. The Hall–Kier alpha value is -1.48. The van der Waals surface area contributed by atoms with Gasteiger partial charge >= 0.3 is 0 Å². The number of rotatable bonds is 1. The molecule has 0 unspecified atom stereocenters. The second-order valence-corrected chi connectivity index (χ2v) is 8.03. The molecule has 1 aliphatic carbocycles. The van der Waals surface area contributed by atoms with Crippen LogP contribution in [0.3, 0.4) is 0 Å². The van der Waals surface area contributed by atoms with E-state index in [1.54, 1.807) is 0 Å². The molecule has 4 rings (SSSR count). The first-order valence-electron chi connectivity index (χ1n) is 8.00. The molecule has 1 aliphatic heterocycles. The van der Waals surface area contributed by atoms with E-state index < -0.39 is 0 Å². The van der Waals surface area contributed by atoms with E-state index in [0.29, 0.717) is 16.1 Å². The lowest BCUT2D eigenvalue weighted by atomic mass is 9.66. The molecule has 1 spiro atoms. The number of nitrogens with zero attached hydrogens (tertiary/aromatic N) is 1. The summed E-state index contributed by atoms with van der Waals surface area (Å²) in [5.74, 6) is 0.0982. The number of fused-ring (bicyclic) bond motifs is 1. The van der Waals surface area contributed by atoms with E-state index in [9.17, 15) is 4.79 Å². The van der Waals surface area contributed by atoms with Crippen molar-refractivity contribution in [2.75, 3.05) is 6.54 Å². The van der Waals surface area contributed by atoms with E-state index in [1.807, 2.05) is 24.3 Å². The molecule has 3 nitrogen and oxygen atoms in total. The highest BCUT2D eigenvalue weighted by atomic mass is 35.5. The van der Waals surface area contributed by atoms with Crippen molar-refractivity contribution in [1.82, 2.24) is 9.88 Å². The second-order valence-electron chi connectivity index (χ2n) is 7.62.